The minimum absolute atomic E-state index is 0.264. The summed E-state index contributed by atoms with van der Waals surface area (Å²) in [7, 11) is 0. The summed E-state index contributed by atoms with van der Waals surface area (Å²) < 4.78 is 15.8. The summed E-state index contributed by atoms with van der Waals surface area (Å²) >= 11 is 3.51. The molecule has 7 heteroatoms. The van der Waals surface area contributed by atoms with Gasteiger partial charge in [0.2, 0.25) is 0 Å². The van der Waals surface area contributed by atoms with Crippen molar-refractivity contribution < 1.29 is 9.18 Å². The second kappa shape index (κ2) is 8.36. The van der Waals surface area contributed by atoms with E-state index in [4.69, 9.17) is 0 Å². The molecule has 0 radical (unpaired) electrons. The van der Waals surface area contributed by atoms with Crippen LogP contribution in [0.2, 0.25) is 0 Å². The van der Waals surface area contributed by atoms with Gasteiger partial charge in [0.05, 0.1) is 6.20 Å². The van der Waals surface area contributed by atoms with Crippen LogP contribution in [-0.4, -0.2) is 20.5 Å². The molecule has 0 fully saturated rings. The molecule has 1 amide bonds. The van der Waals surface area contributed by atoms with Crippen LogP contribution < -0.4 is 5.32 Å². The van der Waals surface area contributed by atoms with Crippen LogP contribution in [0.1, 0.15) is 38.4 Å². The fourth-order valence-corrected chi connectivity index (χ4v) is 3.90. The average Bonchev–Trinajstić information content (AvgIpc) is 3.14. The molecule has 0 spiro atoms. The smallest absolute Gasteiger partial charge is 0.257 e. The zero-order valence-electron chi connectivity index (χ0n) is 16.6. The van der Waals surface area contributed by atoms with Crippen molar-refractivity contribution in [2.75, 3.05) is 0 Å². The number of rotatable bonds is 5. The Bertz CT molecular complexity index is 1230. The van der Waals surface area contributed by atoms with Crippen LogP contribution in [0.4, 0.5) is 4.39 Å². The number of carbonyl (C=O) groups excluding carboxylic acids is 1. The predicted molar refractivity (Wildman–Crippen MR) is 117 cm³/mol. The number of aromatic nitrogens is 3. The van der Waals surface area contributed by atoms with E-state index in [1.54, 1.807) is 16.6 Å². The summed E-state index contributed by atoms with van der Waals surface area (Å²) in [4.78, 5) is 17.4. The zero-order chi connectivity index (χ0) is 21.3. The van der Waals surface area contributed by atoms with Crippen LogP contribution in [0.15, 0.2) is 59.2 Å². The second-order valence-electron chi connectivity index (χ2n) is 7.17. The van der Waals surface area contributed by atoms with Crippen LogP contribution in [-0.2, 0) is 13.0 Å². The molecule has 0 aliphatic carbocycles. The van der Waals surface area contributed by atoms with Gasteiger partial charge in [-0.3, -0.25) is 4.79 Å². The summed E-state index contributed by atoms with van der Waals surface area (Å²) in [5.74, 6) is -0.568. The van der Waals surface area contributed by atoms with Crippen LogP contribution >= 0.6 is 15.9 Å². The largest absolute Gasteiger partial charge is 0.348 e. The first-order chi connectivity index (χ1) is 14.4. The van der Waals surface area contributed by atoms with Crippen molar-refractivity contribution in [3.8, 4) is 0 Å². The lowest BCUT2D eigenvalue weighted by Crippen LogP contribution is -2.23. The highest BCUT2D eigenvalue weighted by atomic mass is 79.9. The minimum atomic E-state index is -0.304. The third kappa shape index (κ3) is 4.11. The number of aryl methyl sites for hydroxylation is 2. The van der Waals surface area contributed by atoms with Crippen molar-refractivity contribution in [2.45, 2.75) is 26.8 Å². The Kier molecular flexibility index (Phi) is 5.63. The maximum atomic E-state index is 13.0. The van der Waals surface area contributed by atoms with Gasteiger partial charge in [0.15, 0.2) is 5.65 Å². The van der Waals surface area contributed by atoms with E-state index in [1.165, 1.54) is 23.9 Å². The fourth-order valence-electron chi connectivity index (χ4n) is 3.46. The Morgan fingerprint density at radius 3 is 2.63 bits per heavy atom. The number of fused-ring (bicyclic) bond motifs is 1. The van der Waals surface area contributed by atoms with Gasteiger partial charge in [0, 0.05) is 28.8 Å². The van der Waals surface area contributed by atoms with E-state index in [2.05, 4.69) is 43.5 Å². The number of nitrogens with zero attached hydrogens (tertiary/aromatic N) is 3. The number of halogens is 2. The highest BCUT2D eigenvalue weighted by Gasteiger charge is 2.18. The molecule has 1 N–H and O–H groups in total. The molecular weight excluding hydrogens is 447 g/mol. The molecule has 0 aliphatic heterocycles. The van der Waals surface area contributed by atoms with Crippen molar-refractivity contribution in [2.24, 2.45) is 0 Å². The van der Waals surface area contributed by atoms with Gasteiger partial charge in [-0.05, 0) is 54.8 Å². The highest BCUT2D eigenvalue weighted by molar-refractivity contribution is 9.10. The molecule has 0 aliphatic rings. The van der Waals surface area contributed by atoms with Crippen molar-refractivity contribution in [3.05, 3.63) is 98.7 Å². The quantitative estimate of drug-likeness (QED) is 0.460. The zero-order valence-corrected chi connectivity index (χ0v) is 18.2. The molecule has 5 nitrogen and oxygen atoms in total. The number of hydrogen-bond acceptors (Lipinski definition) is 3. The van der Waals surface area contributed by atoms with Crippen LogP contribution in [0.3, 0.4) is 0 Å². The molecule has 2 aromatic carbocycles. The first kappa shape index (κ1) is 20.2. The average molecular weight is 467 g/mol. The third-order valence-electron chi connectivity index (χ3n) is 5.09. The second-order valence-corrected chi connectivity index (χ2v) is 8.09. The van der Waals surface area contributed by atoms with Gasteiger partial charge in [-0.25, -0.2) is 13.9 Å². The molecule has 30 heavy (non-hydrogen) atoms. The van der Waals surface area contributed by atoms with Crippen molar-refractivity contribution in [1.82, 2.24) is 19.9 Å². The number of nitrogens with one attached hydrogen (secondary N) is 1. The van der Waals surface area contributed by atoms with E-state index >= 15 is 0 Å². The van der Waals surface area contributed by atoms with E-state index in [1.807, 2.05) is 26.0 Å². The standard InChI is InChI=1S/C23H20BrFN4O/c1-14-20(11-17-4-3-5-18(24)10-17)15(2)29-22(28-14)21(13-27-29)23(30)26-12-16-6-8-19(25)9-7-16/h3-10,13H,11-12H2,1-2H3,(H,26,30). The normalized spacial score (nSPS) is 11.1. The lowest BCUT2D eigenvalue weighted by Gasteiger charge is -2.12. The number of hydrogen-bond donors (Lipinski definition) is 1. The van der Waals surface area contributed by atoms with E-state index < -0.39 is 0 Å². The van der Waals surface area contributed by atoms with Gasteiger partial charge < -0.3 is 5.32 Å². The lowest BCUT2D eigenvalue weighted by molar-refractivity contribution is 0.0952. The summed E-state index contributed by atoms with van der Waals surface area (Å²) in [5.41, 5.74) is 5.83. The summed E-state index contributed by atoms with van der Waals surface area (Å²) in [6.07, 6.45) is 2.27. The molecule has 2 aromatic heterocycles. The summed E-state index contributed by atoms with van der Waals surface area (Å²) in [6, 6.07) is 14.2. The van der Waals surface area contributed by atoms with Gasteiger partial charge >= 0.3 is 0 Å². The van der Waals surface area contributed by atoms with Crippen molar-refractivity contribution in [1.29, 1.82) is 0 Å². The number of amides is 1. The third-order valence-corrected chi connectivity index (χ3v) is 5.58. The van der Waals surface area contributed by atoms with E-state index in [9.17, 15) is 9.18 Å². The van der Waals surface area contributed by atoms with E-state index in [0.717, 1.165) is 33.4 Å². The Labute approximate surface area is 182 Å². The molecule has 2 heterocycles. The van der Waals surface area contributed by atoms with Crippen LogP contribution in [0.25, 0.3) is 5.65 Å². The summed E-state index contributed by atoms with van der Waals surface area (Å²) in [6.45, 7) is 4.24. The predicted octanol–water partition coefficient (Wildman–Crippen LogP) is 4.77. The Balaban J connectivity index is 1.60. The summed E-state index contributed by atoms with van der Waals surface area (Å²) in [5, 5.41) is 7.25. The number of benzene rings is 2. The maximum Gasteiger partial charge on any atom is 0.257 e. The maximum absolute atomic E-state index is 13.0. The minimum Gasteiger partial charge on any atom is -0.348 e. The Morgan fingerprint density at radius 2 is 1.90 bits per heavy atom. The molecule has 0 unspecified atom stereocenters. The lowest BCUT2D eigenvalue weighted by atomic mass is 10.0. The van der Waals surface area contributed by atoms with Gasteiger partial charge in [-0.15, -0.1) is 0 Å². The molecule has 152 valence electrons. The molecular formula is C23H20BrFN4O. The topological polar surface area (TPSA) is 59.3 Å². The van der Waals surface area contributed by atoms with Crippen molar-refractivity contribution in [3.63, 3.8) is 0 Å². The van der Waals surface area contributed by atoms with Crippen molar-refractivity contribution >= 4 is 27.5 Å². The highest BCUT2D eigenvalue weighted by Crippen LogP contribution is 2.22. The Hall–Kier alpha value is -3.06. The van der Waals surface area contributed by atoms with Crippen LogP contribution in [0, 0.1) is 19.7 Å². The van der Waals surface area contributed by atoms with Gasteiger partial charge in [0.25, 0.3) is 5.91 Å². The number of carbonyl (C=O) groups is 1. The molecule has 0 bridgehead atoms. The first-order valence-electron chi connectivity index (χ1n) is 9.53. The van der Waals surface area contributed by atoms with Gasteiger partial charge in [-0.2, -0.15) is 5.10 Å². The first-order valence-corrected chi connectivity index (χ1v) is 10.3. The fraction of sp³-hybridized carbons (Fsp3) is 0.174. The van der Waals surface area contributed by atoms with E-state index in [0.29, 0.717) is 17.8 Å². The SMILES string of the molecule is Cc1nc2c(C(=O)NCc3ccc(F)cc3)cnn2c(C)c1Cc1cccc(Br)c1. The molecule has 4 rings (SSSR count). The molecule has 0 saturated carbocycles. The van der Waals surface area contributed by atoms with Gasteiger partial charge in [-0.1, -0.05) is 40.2 Å². The van der Waals surface area contributed by atoms with Gasteiger partial charge in [0.1, 0.15) is 11.4 Å². The van der Waals surface area contributed by atoms with E-state index in [-0.39, 0.29) is 11.7 Å². The molecule has 4 aromatic rings. The monoisotopic (exact) mass is 466 g/mol. The molecule has 0 atom stereocenters. The Morgan fingerprint density at radius 1 is 1.13 bits per heavy atom. The van der Waals surface area contributed by atoms with Crippen LogP contribution in [0.5, 0.6) is 0 Å². The molecule has 0 saturated heterocycles.